The van der Waals surface area contributed by atoms with Crippen molar-refractivity contribution in [1.29, 1.82) is 5.26 Å². The van der Waals surface area contributed by atoms with Crippen molar-refractivity contribution in [1.82, 2.24) is 0 Å². The summed E-state index contributed by atoms with van der Waals surface area (Å²) >= 11 is 5.61. The number of methoxy groups -OCH3 is 2. The average Bonchev–Trinajstić information content (AvgIpc) is 2.35. The first-order valence-corrected chi connectivity index (χ1v) is 5.02. The van der Waals surface area contributed by atoms with Crippen molar-refractivity contribution in [2.24, 2.45) is 0 Å². The van der Waals surface area contributed by atoms with Crippen molar-refractivity contribution >= 4 is 11.6 Å². The predicted molar refractivity (Wildman–Crippen MR) is 60.3 cm³/mol. The Hall–Kier alpha value is -1.60. The zero-order valence-corrected chi connectivity index (χ0v) is 9.82. The van der Waals surface area contributed by atoms with Gasteiger partial charge in [-0.3, -0.25) is 0 Å². The number of halogens is 1. The maximum atomic E-state index is 8.50. The molecule has 0 aromatic heterocycles. The number of nitrogens with zero attached hydrogens (tertiary/aromatic N) is 1. The zero-order chi connectivity index (χ0) is 12.0. The lowest BCUT2D eigenvalue weighted by molar-refractivity contribution is 0.321. The van der Waals surface area contributed by atoms with Crippen LogP contribution in [0.2, 0.25) is 0 Å². The zero-order valence-electron chi connectivity index (χ0n) is 9.07. The highest BCUT2D eigenvalue weighted by Gasteiger charge is 2.06. The first-order valence-electron chi connectivity index (χ1n) is 4.59. The number of benzene rings is 1. The smallest absolute Gasteiger partial charge is 0.154 e. The van der Waals surface area contributed by atoms with Crippen LogP contribution in [0.4, 0.5) is 0 Å². The molecule has 0 aliphatic carbocycles. The van der Waals surface area contributed by atoms with E-state index in [-0.39, 0.29) is 6.61 Å². The molecule has 1 aromatic rings. The van der Waals surface area contributed by atoms with Crippen LogP contribution in [0.15, 0.2) is 18.2 Å². The lowest BCUT2D eigenvalue weighted by atomic mass is 10.3. The van der Waals surface area contributed by atoms with E-state index in [4.69, 9.17) is 31.1 Å². The lowest BCUT2D eigenvalue weighted by Crippen LogP contribution is -2.09. The van der Waals surface area contributed by atoms with Crippen LogP contribution in [0.3, 0.4) is 0 Å². The first kappa shape index (κ1) is 12.5. The van der Waals surface area contributed by atoms with Gasteiger partial charge in [-0.05, 0) is 0 Å². The molecule has 0 fully saturated rings. The average molecular weight is 242 g/mol. The minimum Gasteiger partial charge on any atom is -0.496 e. The van der Waals surface area contributed by atoms with Crippen LogP contribution in [0.25, 0.3) is 0 Å². The van der Waals surface area contributed by atoms with Crippen LogP contribution in [-0.2, 0) is 0 Å². The molecular weight excluding hydrogens is 230 g/mol. The van der Waals surface area contributed by atoms with Crippen LogP contribution < -0.4 is 14.2 Å². The molecule has 0 heterocycles. The van der Waals surface area contributed by atoms with Crippen molar-refractivity contribution < 1.29 is 14.2 Å². The summed E-state index contributed by atoms with van der Waals surface area (Å²) < 4.78 is 15.5. The van der Waals surface area contributed by atoms with Crippen molar-refractivity contribution in [3.05, 3.63) is 18.2 Å². The van der Waals surface area contributed by atoms with E-state index in [0.717, 1.165) is 0 Å². The van der Waals surface area contributed by atoms with Crippen LogP contribution in [0.5, 0.6) is 17.2 Å². The third kappa shape index (κ3) is 3.52. The highest BCUT2D eigenvalue weighted by molar-refractivity contribution is 6.22. The fourth-order valence-corrected chi connectivity index (χ4v) is 1.13. The van der Waals surface area contributed by atoms with E-state index in [2.05, 4.69) is 0 Å². The molecule has 0 radical (unpaired) electrons. The van der Waals surface area contributed by atoms with E-state index in [1.165, 1.54) is 0 Å². The Balaban J connectivity index is 2.75. The monoisotopic (exact) mass is 241 g/mol. The van der Waals surface area contributed by atoms with Gasteiger partial charge in [0.15, 0.2) is 5.38 Å². The molecule has 1 unspecified atom stereocenters. The van der Waals surface area contributed by atoms with Gasteiger partial charge in [0.2, 0.25) is 0 Å². The molecule has 0 N–H and O–H groups in total. The fourth-order valence-electron chi connectivity index (χ4n) is 1.07. The topological polar surface area (TPSA) is 51.5 Å². The highest BCUT2D eigenvalue weighted by atomic mass is 35.5. The number of hydrogen-bond acceptors (Lipinski definition) is 4. The third-order valence-corrected chi connectivity index (χ3v) is 2.08. The molecule has 0 spiro atoms. The maximum Gasteiger partial charge on any atom is 0.154 e. The minimum absolute atomic E-state index is 0.119. The van der Waals surface area contributed by atoms with Crippen molar-refractivity contribution in [3.8, 4) is 23.3 Å². The second-order valence-corrected chi connectivity index (χ2v) is 3.48. The minimum atomic E-state index is -0.669. The Bertz CT molecular complexity index is 367. The van der Waals surface area contributed by atoms with Crippen molar-refractivity contribution in [3.63, 3.8) is 0 Å². The Morgan fingerprint density at radius 1 is 1.19 bits per heavy atom. The summed E-state index contributed by atoms with van der Waals surface area (Å²) in [4.78, 5) is 0. The van der Waals surface area contributed by atoms with Gasteiger partial charge in [-0.15, -0.1) is 11.6 Å². The summed E-state index contributed by atoms with van der Waals surface area (Å²) in [7, 11) is 3.11. The Morgan fingerprint density at radius 2 is 1.69 bits per heavy atom. The van der Waals surface area contributed by atoms with E-state index in [0.29, 0.717) is 17.2 Å². The molecule has 1 rings (SSSR count). The molecule has 86 valence electrons. The van der Waals surface area contributed by atoms with Crippen LogP contribution >= 0.6 is 11.6 Å². The van der Waals surface area contributed by atoms with Gasteiger partial charge < -0.3 is 14.2 Å². The summed E-state index contributed by atoms with van der Waals surface area (Å²) in [6.45, 7) is 0.119. The number of rotatable bonds is 5. The number of alkyl halides is 1. The van der Waals surface area contributed by atoms with Gasteiger partial charge in [0.25, 0.3) is 0 Å². The number of nitriles is 1. The van der Waals surface area contributed by atoms with Gasteiger partial charge >= 0.3 is 0 Å². The summed E-state index contributed by atoms with van der Waals surface area (Å²) in [5.41, 5.74) is 0. The van der Waals surface area contributed by atoms with Gasteiger partial charge in [0.05, 0.1) is 20.3 Å². The van der Waals surface area contributed by atoms with E-state index >= 15 is 0 Å². The molecule has 4 nitrogen and oxygen atoms in total. The molecule has 0 bridgehead atoms. The Labute approximate surface area is 99.3 Å². The van der Waals surface area contributed by atoms with Gasteiger partial charge in [-0.2, -0.15) is 5.26 Å². The highest BCUT2D eigenvalue weighted by Crippen LogP contribution is 2.27. The summed E-state index contributed by atoms with van der Waals surface area (Å²) in [5.74, 6) is 1.80. The molecule has 5 heteroatoms. The molecular formula is C11H12ClNO3. The molecule has 0 saturated carbocycles. The fraction of sp³-hybridized carbons (Fsp3) is 0.364. The summed E-state index contributed by atoms with van der Waals surface area (Å²) in [6, 6.07) is 7.00. The maximum absolute atomic E-state index is 8.50. The molecule has 1 aromatic carbocycles. The van der Waals surface area contributed by atoms with Crippen molar-refractivity contribution in [2.75, 3.05) is 20.8 Å². The van der Waals surface area contributed by atoms with E-state index in [9.17, 15) is 0 Å². The summed E-state index contributed by atoms with van der Waals surface area (Å²) in [5, 5.41) is 7.83. The van der Waals surface area contributed by atoms with Crippen molar-refractivity contribution in [2.45, 2.75) is 5.38 Å². The molecule has 0 amide bonds. The third-order valence-electron chi connectivity index (χ3n) is 1.86. The number of hydrogen-bond donors (Lipinski definition) is 0. The van der Waals surface area contributed by atoms with Gasteiger partial charge in [0, 0.05) is 18.2 Å². The second kappa shape index (κ2) is 6.09. The number of ether oxygens (including phenoxy) is 3. The molecule has 0 aliphatic heterocycles. The van der Waals surface area contributed by atoms with Crippen LogP contribution in [0.1, 0.15) is 0 Å². The standard InChI is InChI=1S/C11H12ClNO3/c1-14-9-3-10(15-2)5-11(4-9)16-7-8(12)6-13/h3-5,8H,7H2,1-2H3. The predicted octanol–water partition coefficient (Wildman–Crippen LogP) is 2.21. The van der Waals surface area contributed by atoms with Gasteiger partial charge in [-0.25, -0.2) is 0 Å². The SMILES string of the molecule is COc1cc(OC)cc(OCC(Cl)C#N)c1. The van der Waals surface area contributed by atoms with Gasteiger partial charge in [0.1, 0.15) is 23.9 Å². The Kier molecular flexibility index (Phi) is 4.74. The second-order valence-electron chi connectivity index (χ2n) is 2.96. The van der Waals surface area contributed by atoms with Gasteiger partial charge in [-0.1, -0.05) is 0 Å². The summed E-state index contributed by atoms with van der Waals surface area (Å²) in [6.07, 6.45) is 0. The molecule has 1 atom stereocenters. The van der Waals surface area contributed by atoms with Crippen LogP contribution in [-0.4, -0.2) is 26.2 Å². The van der Waals surface area contributed by atoms with E-state index < -0.39 is 5.38 Å². The Morgan fingerprint density at radius 3 is 2.12 bits per heavy atom. The lowest BCUT2D eigenvalue weighted by Gasteiger charge is -2.10. The molecule has 0 aliphatic rings. The van der Waals surface area contributed by atoms with E-state index in [1.807, 2.05) is 6.07 Å². The quantitative estimate of drug-likeness (QED) is 0.742. The molecule has 0 saturated heterocycles. The largest absolute Gasteiger partial charge is 0.496 e. The van der Waals surface area contributed by atoms with Crippen LogP contribution in [0, 0.1) is 11.3 Å². The molecule has 16 heavy (non-hydrogen) atoms. The normalized spacial score (nSPS) is 11.4. The van der Waals surface area contributed by atoms with E-state index in [1.54, 1.807) is 32.4 Å². The first-order chi connectivity index (χ1) is 7.69.